The Morgan fingerprint density at radius 2 is 2.11 bits per heavy atom. The van der Waals surface area contributed by atoms with Crippen LogP contribution in [-0.4, -0.2) is 31.4 Å². The van der Waals surface area contributed by atoms with E-state index in [0.29, 0.717) is 10.8 Å². The van der Waals surface area contributed by atoms with Crippen LogP contribution in [0.25, 0.3) is 0 Å². The van der Waals surface area contributed by atoms with Crippen molar-refractivity contribution in [2.24, 2.45) is 5.92 Å². The first-order valence-electron chi connectivity index (χ1n) is 9.62. The molecule has 0 atom stereocenters. The Labute approximate surface area is 169 Å². The van der Waals surface area contributed by atoms with Gasteiger partial charge in [0.1, 0.15) is 11.6 Å². The number of aryl methyl sites for hydroxylation is 1. The second-order valence-electron chi connectivity index (χ2n) is 6.88. The number of halogens is 1. The molecule has 3 rings (SSSR count). The number of nitrogens with one attached hydrogen (secondary N) is 1. The molecule has 1 saturated carbocycles. The number of rotatable bonds is 8. The topological polar surface area (TPSA) is 72.7 Å². The Morgan fingerprint density at radius 1 is 1.30 bits per heavy atom. The molecule has 0 spiro atoms. The molecule has 1 aliphatic carbocycles. The Balaban J connectivity index is 1.51. The third-order valence-corrected chi connectivity index (χ3v) is 6.13. The van der Waals surface area contributed by atoms with Gasteiger partial charge in [-0.2, -0.15) is 0 Å². The summed E-state index contributed by atoms with van der Waals surface area (Å²) in [4.78, 5) is 16.2. The van der Waals surface area contributed by atoms with E-state index in [0.717, 1.165) is 29.9 Å². The largest absolute Gasteiger partial charge is 0.310 e. The molecule has 1 aliphatic rings. The van der Waals surface area contributed by atoms with E-state index in [1.807, 2.05) is 0 Å². The van der Waals surface area contributed by atoms with Crippen molar-refractivity contribution in [3.05, 3.63) is 29.2 Å². The maximum absolute atomic E-state index is 12.1. The normalized spacial score (nSPS) is 15.0. The third-order valence-electron chi connectivity index (χ3n) is 4.94. The van der Waals surface area contributed by atoms with Gasteiger partial charge in [0.25, 0.3) is 0 Å². The molecular weight excluding hydrogens is 382 g/mol. The van der Waals surface area contributed by atoms with Gasteiger partial charge in [0.2, 0.25) is 5.91 Å². The monoisotopic (exact) mass is 407 g/mol. The zero-order valence-electron chi connectivity index (χ0n) is 15.7. The first kappa shape index (κ1) is 20.1. The summed E-state index contributed by atoms with van der Waals surface area (Å²) >= 11 is 7.21. The summed E-state index contributed by atoms with van der Waals surface area (Å²) in [5.41, 5.74) is 0. The van der Waals surface area contributed by atoms with Crippen molar-refractivity contribution in [2.45, 2.75) is 63.6 Å². The Kier molecular flexibility index (Phi) is 7.52. The number of anilines is 1. The highest BCUT2D eigenvalue weighted by molar-refractivity contribution is 7.99. The zero-order chi connectivity index (χ0) is 19.1. The van der Waals surface area contributed by atoms with E-state index < -0.39 is 0 Å². The molecule has 27 heavy (non-hydrogen) atoms. The molecule has 0 unspecified atom stereocenters. The first-order valence-corrected chi connectivity index (χ1v) is 11.0. The lowest BCUT2D eigenvalue weighted by atomic mass is 9.86. The van der Waals surface area contributed by atoms with Gasteiger partial charge in [-0.3, -0.25) is 4.79 Å². The van der Waals surface area contributed by atoms with Crippen LogP contribution in [0.2, 0.25) is 5.02 Å². The standard InChI is InChI=1S/C19H26ClN5OS/c1-2-25-17(11-8-14-6-4-3-5-7-14)23-24-19(25)27-13-18(26)22-16-10-9-15(20)12-21-16/h9-10,12,14H,2-8,11,13H2,1H3,(H,21,22,26). The molecule has 1 N–H and O–H groups in total. The molecule has 146 valence electrons. The van der Waals surface area contributed by atoms with Crippen LogP contribution in [0.4, 0.5) is 5.82 Å². The second kappa shape index (κ2) is 10.1. The van der Waals surface area contributed by atoms with Crippen LogP contribution in [0.5, 0.6) is 0 Å². The van der Waals surface area contributed by atoms with Gasteiger partial charge in [0.05, 0.1) is 10.8 Å². The maximum Gasteiger partial charge on any atom is 0.236 e. The third kappa shape index (κ3) is 5.94. The minimum Gasteiger partial charge on any atom is -0.310 e. The predicted octanol–water partition coefficient (Wildman–Crippen LogP) is 4.59. The number of hydrogen-bond donors (Lipinski definition) is 1. The number of carbonyl (C=O) groups excluding carboxylic acids is 1. The van der Waals surface area contributed by atoms with Gasteiger partial charge in [0.15, 0.2) is 5.16 Å². The molecule has 2 aromatic heterocycles. The molecule has 0 radical (unpaired) electrons. The highest BCUT2D eigenvalue weighted by Gasteiger charge is 2.17. The van der Waals surface area contributed by atoms with Crippen LogP contribution in [0.1, 0.15) is 51.3 Å². The Morgan fingerprint density at radius 3 is 2.81 bits per heavy atom. The SMILES string of the molecule is CCn1c(CCC2CCCCC2)nnc1SCC(=O)Nc1ccc(Cl)cn1. The highest BCUT2D eigenvalue weighted by atomic mass is 35.5. The molecule has 6 nitrogen and oxygen atoms in total. The van der Waals surface area contributed by atoms with Gasteiger partial charge >= 0.3 is 0 Å². The van der Waals surface area contributed by atoms with Gasteiger partial charge in [0, 0.05) is 19.2 Å². The summed E-state index contributed by atoms with van der Waals surface area (Å²) in [7, 11) is 0. The van der Waals surface area contributed by atoms with E-state index in [1.54, 1.807) is 12.1 Å². The average Bonchev–Trinajstić information content (AvgIpc) is 3.09. The van der Waals surface area contributed by atoms with Gasteiger partial charge in [-0.1, -0.05) is 55.5 Å². The lowest BCUT2D eigenvalue weighted by molar-refractivity contribution is -0.113. The van der Waals surface area contributed by atoms with Crippen LogP contribution in [-0.2, 0) is 17.8 Å². The summed E-state index contributed by atoms with van der Waals surface area (Å²) in [6.07, 6.45) is 10.5. The van der Waals surface area contributed by atoms with Crippen LogP contribution in [0.3, 0.4) is 0 Å². The van der Waals surface area contributed by atoms with Crippen molar-refractivity contribution in [1.82, 2.24) is 19.7 Å². The predicted molar refractivity (Wildman–Crippen MR) is 109 cm³/mol. The van der Waals surface area contributed by atoms with Crippen molar-refractivity contribution >= 4 is 35.1 Å². The summed E-state index contributed by atoms with van der Waals surface area (Å²) in [6, 6.07) is 3.38. The van der Waals surface area contributed by atoms with E-state index in [1.165, 1.54) is 56.5 Å². The number of pyridine rings is 1. The van der Waals surface area contributed by atoms with Gasteiger partial charge in [-0.25, -0.2) is 4.98 Å². The fourth-order valence-electron chi connectivity index (χ4n) is 3.50. The number of aromatic nitrogens is 4. The summed E-state index contributed by atoms with van der Waals surface area (Å²) in [6.45, 7) is 2.91. The molecule has 0 aromatic carbocycles. The van der Waals surface area contributed by atoms with Gasteiger partial charge in [-0.05, 0) is 31.4 Å². The van der Waals surface area contributed by atoms with Crippen LogP contribution in [0.15, 0.2) is 23.5 Å². The van der Waals surface area contributed by atoms with Gasteiger partial charge in [-0.15, -0.1) is 10.2 Å². The quantitative estimate of drug-likeness (QED) is 0.648. The molecule has 0 aliphatic heterocycles. The van der Waals surface area contributed by atoms with Crippen LogP contribution < -0.4 is 5.32 Å². The van der Waals surface area contributed by atoms with Crippen LogP contribution >= 0.6 is 23.4 Å². The number of thioether (sulfide) groups is 1. The highest BCUT2D eigenvalue weighted by Crippen LogP contribution is 2.28. The van der Waals surface area contributed by atoms with E-state index in [-0.39, 0.29) is 11.7 Å². The molecular formula is C19H26ClN5OS. The maximum atomic E-state index is 12.1. The van der Waals surface area contributed by atoms with Crippen molar-refractivity contribution in [3.63, 3.8) is 0 Å². The molecule has 1 amide bonds. The summed E-state index contributed by atoms with van der Waals surface area (Å²) in [5.74, 6) is 2.50. The minimum atomic E-state index is -0.121. The number of nitrogens with zero attached hydrogens (tertiary/aromatic N) is 4. The average molecular weight is 408 g/mol. The summed E-state index contributed by atoms with van der Waals surface area (Å²) < 4.78 is 2.13. The summed E-state index contributed by atoms with van der Waals surface area (Å²) in [5, 5.41) is 12.8. The molecule has 2 heterocycles. The molecule has 8 heteroatoms. The molecule has 0 bridgehead atoms. The number of amides is 1. The van der Waals surface area contributed by atoms with E-state index >= 15 is 0 Å². The lowest BCUT2D eigenvalue weighted by Gasteiger charge is -2.21. The van der Waals surface area contributed by atoms with Crippen molar-refractivity contribution in [1.29, 1.82) is 0 Å². The first-order chi connectivity index (χ1) is 13.2. The van der Waals surface area contributed by atoms with Crippen LogP contribution in [0, 0.1) is 5.92 Å². The number of hydrogen-bond acceptors (Lipinski definition) is 5. The Bertz CT molecular complexity index is 743. The van der Waals surface area contributed by atoms with Crippen molar-refractivity contribution in [3.8, 4) is 0 Å². The van der Waals surface area contributed by atoms with E-state index in [9.17, 15) is 4.79 Å². The zero-order valence-corrected chi connectivity index (χ0v) is 17.2. The smallest absolute Gasteiger partial charge is 0.236 e. The second-order valence-corrected chi connectivity index (χ2v) is 8.26. The molecule has 2 aromatic rings. The van der Waals surface area contributed by atoms with E-state index in [4.69, 9.17) is 11.6 Å². The van der Waals surface area contributed by atoms with E-state index in [2.05, 4.69) is 32.0 Å². The molecule has 0 saturated heterocycles. The fourth-order valence-corrected chi connectivity index (χ4v) is 4.43. The van der Waals surface area contributed by atoms with Crippen molar-refractivity contribution < 1.29 is 4.79 Å². The molecule has 1 fully saturated rings. The van der Waals surface area contributed by atoms with Crippen molar-refractivity contribution in [2.75, 3.05) is 11.1 Å². The fraction of sp³-hybridized carbons (Fsp3) is 0.579. The van der Waals surface area contributed by atoms with Gasteiger partial charge < -0.3 is 9.88 Å². The number of carbonyl (C=O) groups is 1. The Hall–Kier alpha value is -1.60. The lowest BCUT2D eigenvalue weighted by Crippen LogP contribution is -2.15. The minimum absolute atomic E-state index is 0.121.